The summed E-state index contributed by atoms with van der Waals surface area (Å²) in [5.41, 5.74) is 0. The Bertz CT molecular complexity index is 347. The van der Waals surface area contributed by atoms with Crippen molar-refractivity contribution in [2.24, 2.45) is 0 Å². The lowest BCUT2D eigenvalue weighted by Crippen LogP contribution is -2.41. The van der Waals surface area contributed by atoms with E-state index in [1.807, 2.05) is 0 Å². The molecule has 1 aliphatic heterocycles. The van der Waals surface area contributed by atoms with Crippen molar-refractivity contribution in [2.75, 3.05) is 19.8 Å². The van der Waals surface area contributed by atoms with Gasteiger partial charge in [-0.25, -0.2) is 0 Å². The number of aliphatic hydroxyl groups is 3. The molecular weight excluding hydrogens is 332 g/mol. The molecule has 26 heavy (non-hydrogen) atoms. The van der Waals surface area contributed by atoms with Gasteiger partial charge in [-0.3, -0.25) is 0 Å². The van der Waals surface area contributed by atoms with Gasteiger partial charge in [0.2, 0.25) is 0 Å². The Labute approximate surface area is 159 Å². The van der Waals surface area contributed by atoms with Crippen LogP contribution in [0.15, 0.2) is 12.2 Å². The predicted octanol–water partition coefficient (Wildman–Crippen LogP) is 3.35. The highest BCUT2D eigenvalue weighted by Crippen LogP contribution is 2.20. The Hall–Kier alpha value is -0.460. The number of hydrogen-bond acceptors (Lipinski definition) is 5. The predicted molar refractivity (Wildman–Crippen MR) is 104 cm³/mol. The summed E-state index contributed by atoms with van der Waals surface area (Å²) >= 11 is 0. The van der Waals surface area contributed by atoms with Crippen molar-refractivity contribution in [1.29, 1.82) is 0 Å². The largest absolute Gasteiger partial charge is 0.394 e. The average Bonchev–Trinajstić information content (AvgIpc) is 3.02. The number of ether oxygens (including phenoxy) is 2. The molecule has 0 radical (unpaired) electrons. The van der Waals surface area contributed by atoms with Crippen LogP contribution in [0.25, 0.3) is 0 Å². The molecule has 4 atom stereocenters. The fourth-order valence-corrected chi connectivity index (χ4v) is 3.24. The van der Waals surface area contributed by atoms with Crippen LogP contribution in [0.4, 0.5) is 0 Å². The Morgan fingerprint density at radius 1 is 1.00 bits per heavy atom. The fraction of sp³-hybridized carbons (Fsp3) is 0.905. The molecule has 0 aromatic carbocycles. The van der Waals surface area contributed by atoms with Gasteiger partial charge in [0.15, 0.2) is 0 Å². The molecule has 0 aliphatic carbocycles. The van der Waals surface area contributed by atoms with Gasteiger partial charge in [0.25, 0.3) is 0 Å². The van der Waals surface area contributed by atoms with Crippen LogP contribution in [0.5, 0.6) is 0 Å². The van der Waals surface area contributed by atoms with Crippen LogP contribution in [0.2, 0.25) is 0 Å². The second-order valence-electron chi connectivity index (χ2n) is 7.32. The minimum atomic E-state index is -1.05. The van der Waals surface area contributed by atoms with Crippen molar-refractivity contribution < 1.29 is 24.8 Å². The van der Waals surface area contributed by atoms with Crippen LogP contribution < -0.4 is 0 Å². The maximum Gasteiger partial charge on any atom is 0.114 e. The van der Waals surface area contributed by atoms with E-state index in [-0.39, 0.29) is 6.61 Å². The van der Waals surface area contributed by atoms with E-state index in [1.54, 1.807) is 0 Å². The summed E-state index contributed by atoms with van der Waals surface area (Å²) in [5, 5.41) is 28.5. The molecule has 5 nitrogen and oxygen atoms in total. The molecule has 0 amide bonds. The van der Waals surface area contributed by atoms with Crippen LogP contribution in [0.1, 0.15) is 77.6 Å². The van der Waals surface area contributed by atoms with E-state index in [2.05, 4.69) is 19.1 Å². The molecule has 1 saturated heterocycles. The zero-order chi connectivity index (χ0) is 19.0. The zero-order valence-corrected chi connectivity index (χ0v) is 16.5. The quantitative estimate of drug-likeness (QED) is 0.286. The lowest BCUT2D eigenvalue weighted by atomic mass is 10.1. The summed E-state index contributed by atoms with van der Waals surface area (Å²) in [6, 6.07) is 0. The first-order chi connectivity index (χ1) is 12.7. The number of hydrogen-bond donors (Lipinski definition) is 3. The fourth-order valence-electron chi connectivity index (χ4n) is 3.24. The van der Waals surface area contributed by atoms with Crippen LogP contribution in [0.3, 0.4) is 0 Å². The summed E-state index contributed by atoms with van der Waals surface area (Å²) in [5.74, 6) is 0. The molecule has 0 unspecified atom stereocenters. The summed E-state index contributed by atoms with van der Waals surface area (Å²) < 4.78 is 11.0. The SMILES string of the molecule is CCCC/C=C/CCCCCCCCCO[C@@H]1CO[C@@H]([C@@H](O)CO)[C@H]1O. The minimum Gasteiger partial charge on any atom is -0.394 e. The monoisotopic (exact) mass is 372 g/mol. The zero-order valence-electron chi connectivity index (χ0n) is 16.5. The van der Waals surface area contributed by atoms with Gasteiger partial charge in [-0.1, -0.05) is 64.0 Å². The Kier molecular flexibility index (Phi) is 14.1. The molecule has 1 heterocycles. The molecule has 1 aliphatic rings. The van der Waals surface area contributed by atoms with E-state index >= 15 is 0 Å². The van der Waals surface area contributed by atoms with Gasteiger partial charge in [-0.05, 0) is 25.7 Å². The highest BCUT2D eigenvalue weighted by molar-refractivity contribution is 4.88. The number of aliphatic hydroxyl groups excluding tert-OH is 3. The topological polar surface area (TPSA) is 79.2 Å². The maximum atomic E-state index is 10.0. The number of unbranched alkanes of at least 4 members (excludes halogenated alkanes) is 9. The molecule has 1 rings (SSSR count). The first kappa shape index (κ1) is 23.6. The van der Waals surface area contributed by atoms with Crippen molar-refractivity contribution in [2.45, 2.75) is 102 Å². The van der Waals surface area contributed by atoms with Crippen LogP contribution in [0, 0.1) is 0 Å². The van der Waals surface area contributed by atoms with Crippen LogP contribution in [-0.4, -0.2) is 59.6 Å². The molecule has 3 N–H and O–H groups in total. The molecule has 5 heteroatoms. The molecule has 0 spiro atoms. The third kappa shape index (κ3) is 10.0. The smallest absolute Gasteiger partial charge is 0.114 e. The van der Waals surface area contributed by atoms with Gasteiger partial charge in [0, 0.05) is 6.61 Å². The minimum absolute atomic E-state index is 0.274. The molecule has 0 saturated carbocycles. The van der Waals surface area contributed by atoms with Crippen molar-refractivity contribution in [1.82, 2.24) is 0 Å². The lowest BCUT2D eigenvalue weighted by molar-refractivity contribution is -0.0730. The van der Waals surface area contributed by atoms with E-state index in [0.29, 0.717) is 6.61 Å². The lowest BCUT2D eigenvalue weighted by Gasteiger charge is -2.20. The van der Waals surface area contributed by atoms with Crippen molar-refractivity contribution in [3.8, 4) is 0 Å². The van der Waals surface area contributed by atoms with Crippen molar-refractivity contribution >= 4 is 0 Å². The number of rotatable bonds is 16. The van der Waals surface area contributed by atoms with E-state index in [4.69, 9.17) is 14.6 Å². The molecule has 0 aromatic rings. The summed E-state index contributed by atoms with van der Waals surface area (Å²) in [6.07, 6.45) is 15.2. The van der Waals surface area contributed by atoms with Crippen LogP contribution >= 0.6 is 0 Å². The van der Waals surface area contributed by atoms with Crippen molar-refractivity contribution in [3.05, 3.63) is 12.2 Å². The normalized spacial score (nSPS) is 24.5. The number of allylic oxidation sites excluding steroid dienone is 2. The van der Waals surface area contributed by atoms with E-state index < -0.39 is 31.0 Å². The Morgan fingerprint density at radius 3 is 2.27 bits per heavy atom. The van der Waals surface area contributed by atoms with Gasteiger partial charge in [0.1, 0.15) is 24.4 Å². The molecule has 154 valence electrons. The Morgan fingerprint density at radius 2 is 1.62 bits per heavy atom. The standard InChI is InChI=1S/C21H40O5/c1-2-3-4-5-6-7-8-9-10-11-12-13-14-15-25-19-17-26-21(20(19)24)18(23)16-22/h5-6,18-24H,2-4,7-17H2,1H3/b6-5+/t18-,19+,20-,21-/m0/s1. The van der Waals surface area contributed by atoms with Gasteiger partial charge in [-0.15, -0.1) is 0 Å². The van der Waals surface area contributed by atoms with Gasteiger partial charge >= 0.3 is 0 Å². The highest BCUT2D eigenvalue weighted by Gasteiger charge is 2.40. The first-order valence-corrected chi connectivity index (χ1v) is 10.6. The highest BCUT2D eigenvalue weighted by atomic mass is 16.6. The molecule has 0 aromatic heterocycles. The third-order valence-electron chi connectivity index (χ3n) is 4.97. The Balaban J connectivity index is 1.87. The summed E-state index contributed by atoms with van der Waals surface area (Å²) in [6.45, 7) is 2.70. The second-order valence-corrected chi connectivity index (χ2v) is 7.32. The van der Waals surface area contributed by atoms with E-state index in [1.165, 1.54) is 57.8 Å². The molecule has 1 fully saturated rings. The van der Waals surface area contributed by atoms with E-state index in [9.17, 15) is 10.2 Å². The molecular formula is C21H40O5. The summed E-state index contributed by atoms with van der Waals surface area (Å²) in [7, 11) is 0. The van der Waals surface area contributed by atoms with Crippen molar-refractivity contribution in [3.63, 3.8) is 0 Å². The third-order valence-corrected chi connectivity index (χ3v) is 4.97. The first-order valence-electron chi connectivity index (χ1n) is 10.6. The van der Waals surface area contributed by atoms with E-state index in [0.717, 1.165) is 12.8 Å². The van der Waals surface area contributed by atoms with Gasteiger partial charge in [-0.2, -0.15) is 0 Å². The van der Waals surface area contributed by atoms with Gasteiger partial charge in [0.05, 0.1) is 13.2 Å². The average molecular weight is 373 g/mol. The van der Waals surface area contributed by atoms with Gasteiger partial charge < -0.3 is 24.8 Å². The summed E-state index contributed by atoms with van der Waals surface area (Å²) in [4.78, 5) is 0. The second kappa shape index (κ2) is 15.6. The molecule has 0 bridgehead atoms. The van der Waals surface area contributed by atoms with Crippen LogP contribution in [-0.2, 0) is 9.47 Å². The maximum absolute atomic E-state index is 10.0.